The number of hydrogen-bond acceptors (Lipinski definition) is 12. The molecular weight excluding hydrogens is 739 g/mol. The molecule has 3 saturated heterocycles. The molecule has 0 radical (unpaired) electrons. The topological polar surface area (TPSA) is 181 Å². The summed E-state index contributed by atoms with van der Waals surface area (Å²) in [6.07, 6.45) is 7.00. The molecule has 58 heavy (non-hydrogen) atoms. The highest BCUT2D eigenvalue weighted by molar-refractivity contribution is 6.23. The van der Waals surface area contributed by atoms with Crippen molar-refractivity contribution in [1.29, 1.82) is 5.26 Å². The summed E-state index contributed by atoms with van der Waals surface area (Å²) >= 11 is 0. The van der Waals surface area contributed by atoms with Gasteiger partial charge in [-0.2, -0.15) is 5.26 Å². The van der Waals surface area contributed by atoms with Crippen LogP contribution in [0, 0.1) is 17.2 Å². The molecule has 9 rings (SSSR count). The molecule has 1 unspecified atom stereocenters. The quantitative estimate of drug-likeness (QED) is 0.237. The molecule has 1 saturated carbocycles. The maximum Gasteiger partial charge on any atom is 0.262 e. The van der Waals surface area contributed by atoms with Gasteiger partial charge in [-0.3, -0.25) is 44.1 Å². The molecular formula is C43H43N9O6. The molecule has 15 nitrogen and oxygen atoms in total. The summed E-state index contributed by atoms with van der Waals surface area (Å²) < 4.78 is 6.22. The van der Waals surface area contributed by atoms with Gasteiger partial charge in [0.25, 0.3) is 17.7 Å². The van der Waals surface area contributed by atoms with Crippen LogP contribution in [0.5, 0.6) is 5.75 Å². The van der Waals surface area contributed by atoms with Gasteiger partial charge < -0.3 is 19.9 Å². The zero-order valence-corrected chi connectivity index (χ0v) is 31.9. The molecule has 4 fully saturated rings. The van der Waals surface area contributed by atoms with Crippen LogP contribution in [-0.2, 0) is 9.59 Å². The second-order valence-corrected chi connectivity index (χ2v) is 15.8. The van der Waals surface area contributed by atoms with Crippen molar-refractivity contribution in [2.24, 2.45) is 5.92 Å². The number of nitriles is 1. The lowest BCUT2D eigenvalue weighted by Crippen LogP contribution is -2.54. The molecule has 2 aromatic heterocycles. The van der Waals surface area contributed by atoms with E-state index in [1.54, 1.807) is 30.6 Å². The van der Waals surface area contributed by atoms with E-state index < -0.39 is 29.7 Å². The van der Waals surface area contributed by atoms with Gasteiger partial charge in [-0.25, -0.2) is 4.98 Å². The summed E-state index contributed by atoms with van der Waals surface area (Å²) in [6.45, 7) is 6.17. The summed E-state index contributed by atoms with van der Waals surface area (Å²) in [5.74, 6) is -0.000291. The maximum atomic E-state index is 13.3. The average molecular weight is 782 g/mol. The Balaban J connectivity index is 0.705. The Bertz CT molecular complexity index is 2340. The number of nitrogens with one attached hydrogen (secondary N) is 2. The number of benzene rings is 2. The third kappa shape index (κ3) is 7.20. The number of amides is 5. The lowest BCUT2D eigenvalue weighted by molar-refractivity contribution is -0.136. The number of hydrogen-bond donors (Lipinski definition) is 2. The summed E-state index contributed by atoms with van der Waals surface area (Å²) in [5.41, 5.74) is 3.13. The van der Waals surface area contributed by atoms with Crippen molar-refractivity contribution in [3.8, 4) is 11.8 Å². The maximum absolute atomic E-state index is 13.3. The minimum Gasteiger partial charge on any atom is -0.490 e. The molecule has 4 aromatic rings. The van der Waals surface area contributed by atoms with Crippen molar-refractivity contribution < 1.29 is 28.7 Å². The van der Waals surface area contributed by atoms with E-state index in [1.807, 2.05) is 36.4 Å². The minimum atomic E-state index is -0.975. The monoisotopic (exact) mass is 781 g/mol. The molecule has 1 atom stereocenters. The number of fused-ring (bicyclic) bond motifs is 2. The van der Waals surface area contributed by atoms with Crippen molar-refractivity contribution in [2.75, 3.05) is 55.6 Å². The number of imide groups is 2. The van der Waals surface area contributed by atoms with Gasteiger partial charge in [0.2, 0.25) is 11.8 Å². The number of nitrogens with zero attached hydrogens (tertiary/aromatic N) is 7. The molecule has 1 aliphatic carbocycles. The predicted molar refractivity (Wildman–Crippen MR) is 212 cm³/mol. The first kappa shape index (κ1) is 37.2. The van der Waals surface area contributed by atoms with Crippen LogP contribution in [0.2, 0.25) is 0 Å². The van der Waals surface area contributed by atoms with Gasteiger partial charge in [-0.1, -0.05) is 0 Å². The Hall–Kier alpha value is -6.40. The third-order valence-electron chi connectivity index (χ3n) is 12.2. The van der Waals surface area contributed by atoms with Crippen molar-refractivity contribution in [3.63, 3.8) is 0 Å². The van der Waals surface area contributed by atoms with E-state index in [4.69, 9.17) is 4.74 Å². The normalized spacial score (nSPS) is 22.7. The molecule has 0 bridgehead atoms. The fourth-order valence-electron chi connectivity index (χ4n) is 8.83. The lowest BCUT2D eigenvalue weighted by atomic mass is 9.89. The Kier molecular flexibility index (Phi) is 9.94. The van der Waals surface area contributed by atoms with Crippen LogP contribution in [0.1, 0.15) is 75.2 Å². The van der Waals surface area contributed by atoms with Crippen LogP contribution >= 0.6 is 0 Å². The molecule has 4 aliphatic heterocycles. The molecule has 5 aliphatic rings. The third-order valence-corrected chi connectivity index (χ3v) is 12.2. The van der Waals surface area contributed by atoms with Crippen LogP contribution in [0.25, 0.3) is 10.9 Å². The summed E-state index contributed by atoms with van der Waals surface area (Å²) in [6, 6.07) is 17.6. The molecule has 2 N–H and O–H groups in total. The van der Waals surface area contributed by atoms with Crippen LogP contribution in [0.4, 0.5) is 11.5 Å². The molecule has 296 valence electrons. The van der Waals surface area contributed by atoms with Gasteiger partial charge in [-0.15, -0.1) is 0 Å². The summed E-state index contributed by atoms with van der Waals surface area (Å²) in [7, 11) is 0. The van der Waals surface area contributed by atoms with Crippen molar-refractivity contribution in [3.05, 3.63) is 89.2 Å². The van der Waals surface area contributed by atoms with E-state index in [0.717, 1.165) is 80.4 Å². The molecule has 15 heteroatoms. The predicted octanol–water partition coefficient (Wildman–Crippen LogP) is 3.28. The molecule has 6 heterocycles. The first-order valence-electron chi connectivity index (χ1n) is 20.0. The number of ether oxygens (including phenoxy) is 1. The number of rotatable bonds is 9. The summed E-state index contributed by atoms with van der Waals surface area (Å²) in [4.78, 5) is 80.5. The van der Waals surface area contributed by atoms with E-state index in [9.17, 15) is 29.2 Å². The Labute approximate surface area is 334 Å². The molecule has 0 spiro atoms. The van der Waals surface area contributed by atoms with Gasteiger partial charge in [0.05, 0.1) is 27.8 Å². The zero-order chi connectivity index (χ0) is 39.9. The number of anilines is 2. The van der Waals surface area contributed by atoms with Gasteiger partial charge in [0.1, 0.15) is 29.8 Å². The van der Waals surface area contributed by atoms with Gasteiger partial charge >= 0.3 is 0 Å². The first-order valence-corrected chi connectivity index (χ1v) is 20.0. The van der Waals surface area contributed by atoms with Crippen molar-refractivity contribution in [1.82, 2.24) is 30.4 Å². The van der Waals surface area contributed by atoms with E-state index in [0.29, 0.717) is 52.3 Å². The minimum absolute atomic E-state index is 0.0125. The van der Waals surface area contributed by atoms with E-state index in [2.05, 4.69) is 41.4 Å². The number of piperazine rings is 1. The Morgan fingerprint density at radius 3 is 2.41 bits per heavy atom. The highest BCUT2D eigenvalue weighted by Gasteiger charge is 2.45. The number of carbonyl (C=O) groups is 5. The highest BCUT2D eigenvalue weighted by Crippen LogP contribution is 2.34. The largest absolute Gasteiger partial charge is 0.490 e. The van der Waals surface area contributed by atoms with Gasteiger partial charge in [0, 0.05) is 94.6 Å². The number of piperidine rings is 2. The average Bonchev–Trinajstić information content (AvgIpc) is 3.48. The second-order valence-electron chi connectivity index (χ2n) is 15.8. The van der Waals surface area contributed by atoms with Crippen molar-refractivity contribution >= 4 is 51.9 Å². The standard InChI is InChI=1S/C43H43N9O6/c44-23-27-3-8-36(33-2-1-13-45-39(27)33)58-31-20-29(21-31)47-40(54)28-4-9-37(46-24-28)51-14-11-26(12-15-51)25-49-16-18-50(19-17-49)30-5-6-32-34(22-30)43(57)52(42(32)56)35-7-10-38(53)48-41(35)55/h1-6,8-9,13,22,24,26,29,31,35H,7,10-12,14-21,25H2,(H,47,54)(H,48,53,55)/t29-,31-,35?. The molecule has 2 aromatic carbocycles. The van der Waals surface area contributed by atoms with Crippen molar-refractivity contribution in [2.45, 2.75) is 56.7 Å². The number of carbonyl (C=O) groups excluding carboxylic acids is 5. The van der Waals surface area contributed by atoms with Crippen LogP contribution in [0.15, 0.2) is 67.0 Å². The SMILES string of the molecule is N#Cc1ccc(O[C@H]2C[C@H](NC(=O)c3ccc(N4CCC(CN5CCN(c6ccc7c(c6)C(=O)N(C6CCC(=O)NC6=O)C7=O)CC5)CC4)nc3)C2)c2cccnc12. The van der Waals surface area contributed by atoms with E-state index >= 15 is 0 Å². The number of pyridine rings is 2. The zero-order valence-electron chi connectivity index (χ0n) is 31.9. The smallest absolute Gasteiger partial charge is 0.262 e. The number of aromatic nitrogens is 2. The van der Waals surface area contributed by atoms with Crippen LogP contribution < -0.4 is 25.2 Å². The van der Waals surface area contributed by atoms with E-state index in [1.165, 1.54) is 0 Å². The van der Waals surface area contributed by atoms with Crippen LogP contribution in [0.3, 0.4) is 0 Å². The lowest BCUT2D eigenvalue weighted by Gasteiger charge is -2.40. The van der Waals surface area contributed by atoms with Crippen LogP contribution in [-0.4, -0.2) is 113 Å². The first-order chi connectivity index (χ1) is 28.2. The van der Waals surface area contributed by atoms with Gasteiger partial charge in [0.15, 0.2) is 0 Å². The highest BCUT2D eigenvalue weighted by atomic mass is 16.5. The Morgan fingerprint density at radius 2 is 1.67 bits per heavy atom. The second kappa shape index (κ2) is 15.5. The fourth-order valence-corrected chi connectivity index (χ4v) is 8.83. The van der Waals surface area contributed by atoms with E-state index in [-0.39, 0.29) is 30.9 Å². The fraction of sp³-hybridized carbons (Fsp3) is 0.395. The Morgan fingerprint density at radius 1 is 0.879 bits per heavy atom. The molecule has 5 amide bonds. The summed E-state index contributed by atoms with van der Waals surface area (Å²) in [5, 5.41) is 15.6. The van der Waals surface area contributed by atoms with Gasteiger partial charge in [-0.05, 0) is 79.8 Å².